The molecule has 0 radical (unpaired) electrons. The predicted molar refractivity (Wildman–Crippen MR) is 219 cm³/mol. The minimum atomic E-state index is -4.41. The Morgan fingerprint density at radius 3 is 1.47 bits per heavy atom. The van der Waals surface area contributed by atoms with E-state index in [-0.39, 0.29) is 32.6 Å². The van der Waals surface area contributed by atoms with Gasteiger partial charge in [0.25, 0.3) is 0 Å². The molecule has 0 aromatic rings. The van der Waals surface area contributed by atoms with Crippen LogP contribution in [-0.4, -0.2) is 49.3 Å². The molecule has 9 nitrogen and oxygen atoms in total. The number of hydrogen-bond acceptors (Lipinski definition) is 8. The van der Waals surface area contributed by atoms with Gasteiger partial charge in [-0.1, -0.05) is 151 Å². The highest BCUT2D eigenvalue weighted by Crippen LogP contribution is 2.43. The molecule has 0 aromatic carbocycles. The van der Waals surface area contributed by atoms with Gasteiger partial charge in [-0.2, -0.15) is 0 Å². The summed E-state index contributed by atoms with van der Waals surface area (Å²) in [5, 5.41) is 0. The number of carbonyl (C=O) groups excluding carboxylic acids is 2. The molecule has 0 spiro atoms. The van der Waals surface area contributed by atoms with Gasteiger partial charge in [0, 0.05) is 19.4 Å². The quantitative estimate of drug-likeness (QED) is 0.0274. The molecule has 0 fully saturated rings. The van der Waals surface area contributed by atoms with Gasteiger partial charge in [-0.3, -0.25) is 18.6 Å². The van der Waals surface area contributed by atoms with E-state index in [4.69, 9.17) is 24.3 Å². The highest BCUT2D eigenvalue weighted by atomic mass is 31.2. The van der Waals surface area contributed by atoms with E-state index in [1.54, 1.807) is 0 Å². The van der Waals surface area contributed by atoms with E-state index in [2.05, 4.69) is 62.5 Å². The number of hydrogen-bond donors (Lipinski definition) is 2. The minimum absolute atomic E-state index is 0.0332. The standard InChI is InChI=1S/C43H74NO8P/c1-3-5-7-9-11-13-15-17-19-20-22-24-26-28-30-32-34-36-43(46)52-41(40-51-53(47,48)50-38-37-44)39-49-42(45)35-33-31-29-27-25-23-21-18-16-14-12-10-8-6-4-2/h13,15,19-20,23-26,29-32,41H,3-12,14,16-18,21-22,27-28,33-40,44H2,1-2H3,(H,47,48). The number of phosphoric acid groups is 1. The zero-order chi connectivity index (χ0) is 38.9. The largest absolute Gasteiger partial charge is 0.472 e. The lowest BCUT2D eigenvalue weighted by atomic mass is 10.1. The highest BCUT2D eigenvalue weighted by Gasteiger charge is 2.25. The second kappa shape index (κ2) is 39.2. The van der Waals surface area contributed by atoms with Gasteiger partial charge in [0.05, 0.1) is 13.2 Å². The van der Waals surface area contributed by atoms with Crippen molar-refractivity contribution in [2.24, 2.45) is 5.73 Å². The van der Waals surface area contributed by atoms with Crippen molar-refractivity contribution < 1.29 is 37.6 Å². The minimum Gasteiger partial charge on any atom is -0.462 e. The van der Waals surface area contributed by atoms with Gasteiger partial charge in [0.15, 0.2) is 6.10 Å². The Bertz CT molecular complexity index is 1100. The fourth-order valence-electron chi connectivity index (χ4n) is 5.04. The molecule has 10 heteroatoms. The Balaban J connectivity index is 4.40. The maximum atomic E-state index is 12.5. The normalized spacial score (nSPS) is 14.1. The third-order valence-electron chi connectivity index (χ3n) is 8.09. The summed E-state index contributed by atoms with van der Waals surface area (Å²) in [5.74, 6) is -1.01. The van der Waals surface area contributed by atoms with Crippen LogP contribution in [0.1, 0.15) is 155 Å². The van der Waals surface area contributed by atoms with Crippen LogP contribution in [0.4, 0.5) is 0 Å². The number of unbranched alkanes of at least 4 members (excludes halogenated alkanes) is 12. The summed E-state index contributed by atoms with van der Waals surface area (Å²) in [6.07, 6.45) is 46.8. The van der Waals surface area contributed by atoms with Gasteiger partial charge in [0.1, 0.15) is 6.61 Å². The summed E-state index contributed by atoms with van der Waals surface area (Å²) in [5.41, 5.74) is 5.33. The molecule has 0 bridgehead atoms. The topological polar surface area (TPSA) is 134 Å². The third kappa shape index (κ3) is 39.0. The molecule has 304 valence electrons. The number of carbonyl (C=O) groups is 2. The Morgan fingerprint density at radius 2 is 0.981 bits per heavy atom. The van der Waals surface area contributed by atoms with E-state index >= 15 is 0 Å². The highest BCUT2D eigenvalue weighted by molar-refractivity contribution is 7.47. The van der Waals surface area contributed by atoms with E-state index in [1.165, 1.54) is 77.0 Å². The Hall–Kier alpha value is -2.55. The number of phosphoric ester groups is 1. The molecule has 0 aliphatic heterocycles. The first-order valence-electron chi connectivity index (χ1n) is 20.4. The molecule has 0 rings (SSSR count). The summed E-state index contributed by atoms with van der Waals surface area (Å²) < 4.78 is 32.5. The average Bonchev–Trinajstić information content (AvgIpc) is 3.14. The summed E-state index contributed by atoms with van der Waals surface area (Å²) >= 11 is 0. The summed E-state index contributed by atoms with van der Waals surface area (Å²) in [7, 11) is -4.41. The number of nitrogens with two attached hydrogens (primary N) is 1. The SMILES string of the molecule is CCCCCCC=CCC=CCC=CCC=CCCC(=O)OC(COC(=O)CCC=CCC=CCCCCCCCCCC)COP(=O)(O)OCCN. The van der Waals surface area contributed by atoms with E-state index in [0.29, 0.717) is 12.8 Å². The van der Waals surface area contributed by atoms with Gasteiger partial charge in [-0.25, -0.2) is 4.57 Å². The number of esters is 2. The van der Waals surface area contributed by atoms with Crippen molar-refractivity contribution in [2.45, 2.75) is 161 Å². The molecule has 0 aromatic heterocycles. The van der Waals surface area contributed by atoms with E-state index < -0.39 is 32.5 Å². The first kappa shape index (κ1) is 50.5. The Labute approximate surface area is 322 Å². The van der Waals surface area contributed by atoms with Crippen LogP contribution in [0.3, 0.4) is 0 Å². The van der Waals surface area contributed by atoms with Crippen molar-refractivity contribution >= 4 is 19.8 Å². The molecule has 53 heavy (non-hydrogen) atoms. The molecule has 0 saturated heterocycles. The van der Waals surface area contributed by atoms with Crippen molar-refractivity contribution in [2.75, 3.05) is 26.4 Å². The molecule has 0 saturated carbocycles. The zero-order valence-corrected chi connectivity index (χ0v) is 34.1. The molecule has 0 aliphatic carbocycles. The second-order valence-corrected chi connectivity index (χ2v) is 14.6. The molecular formula is C43H74NO8P. The smallest absolute Gasteiger partial charge is 0.462 e. The number of allylic oxidation sites excluding steroid dienone is 12. The molecule has 0 amide bonds. The van der Waals surface area contributed by atoms with Crippen molar-refractivity contribution in [1.29, 1.82) is 0 Å². The van der Waals surface area contributed by atoms with Gasteiger partial charge in [-0.15, -0.1) is 0 Å². The van der Waals surface area contributed by atoms with Crippen molar-refractivity contribution in [3.63, 3.8) is 0 Å². The van der Waals surface area contributed by atoms with Gasteiger partial charge in [-0.05, 0) is 64.2 Å². The van der Waals surface area contributed by atoms with Crippen LogP contribution in [0.2, 0.25) is 0 Å². The average molecular weight is 764 g/mol. The molecule has 3 N–H and O–H groups in total. The zero-order valence-electron chi connectivity index (χ0n) is 33.2. The second-order valence-electron chi connectivity index (χ2n) is 13.1. The van der Waals surface area contributed by atoms with Crippen LogP contribution in [0.15, 0.2) is 72.9 Å². The maximum absolute atomic E-state index is 12.5. The van der Waals surface area contributed by atoms with Crippen molar-refractivity contribution in [3.05, 3.63) is 72.9 Å². The first-order valence-corrected chi connectivity index (χ1v) is 21.9. The van der Waals surface area contributed by atoms with E-state index in [0.717, 1.165) is 38.5 Å². The van der Waals surface area contributed by atoms with Gasteiger partial charge in [0.2, 0.25) is 0 Å². The fourth-order valence-corrected chi connectivity index (χ4v) is 5.81. The Morgan fingerprint density at radius 1 is 0.566 bits per heavy atom. The lowest BCUT2D eigenvalue weighted by Crippen LogP contribution is -2.29. The summed E-state index contributed by atoms with van der Waals surface area (Å²) in [6.45, 7) is 3.54. The molecule has 0 aliphatic rings. The van der Waals surface area contributed by atoms with Crippen LogP contribution in [-0.2, 0) is 32.7 Å². The fraction of sp³-hybridized carbons (Fsp3) is 0.674. The van der Waals surface area contributed by atoms with Crippen LogP contribution < -0.4 is 5.73 Å². The van der Waals surface area contributed by atoms with Crippen LogP contribution in [0.25, 0.3) is 0 Å². The van der Waals surface area contributed by atoms with Crippen LogP contribution in [0, 0.1) is 0 Å². The monoisotopic (exact) mass is 764 g/mol. The molecule has 2 unspecified atom stereocenters. The van der Waals surface area contributed by atoms with Gasteiger partial charge < -0.3 is 20.1 Å². The molecule has 0 heterocycles. The van der Waals surface area contributed by atoms with E-state index in [1.807, 2.05) is 24.3 Å². The van der Waals surface area contributed by atoms with Gasteiger partial charge >= 0.3 is 19.8 Å². The third-order valence-corrected chi connectivity index (χ3v) is 9.08. The number of rotatable bonds is 37. The predicted octanol–water partition coefficient (Wildman–Crippen LogP) is 11.5. The lowest BCUT2D eigenvalue weighted by Gasteiger charge is -2.19. The molecular weight excluding hydrogens is 689 g/mol. The molecule has 2 atom stereocenters. The number of ether oxygens (including phenoxy) is 2. The van der Waals surface area contributed by atoms with Crippen LogP contribution in [0.5, 0.6) is 0 Å². The Kier molecular flexibility index (Phi) is 37.3. The summed E-state index contributed by atoms with van der Waals surface area (Å²) in [4.78, 5) is 34.7. The maximum Gasteiger partial charge on any atom is 0.472 e. The van der Waals surface area contributed by atoms with Crippen molar-refractivity contribution in [3.8, 4) is 0 Å². The van der Waals surface area contributed by atoms with Crippen LogP contribution >= 0.6 is 7.82 Å². The summed E-state index contributed by atoms with van der Waals surface area (Å²) in [6, 6.07) is 0. The lowest BCUT2D eigenvalue weighted by molar-refractivity contribution is -0.161. The van der Waals surface area contributed by atoms with Crippen molar-refractivity contribution in [1.82, 2.24) is 0 Å². The van der Waals surface area contributed by atoms with E-state index in [9.17, 15) is 19.0 Å². The first-order chi connectivity index (χ1) is 25.8.